The van der Waals surface area contributed by atoms with Crippen LogP contribution < -0.4 is 0 Å². The number of Topliss-reactive ketones (excluding diaryl/α,β-unsaturated/α-hetero) is 1. The lowest BCUT2D eigenvalue weighted by molar-refractivity contribution is 0.0982. The number of hydrogen-bond acceptors (Lipinski definition) is 2. The molecule has 0 amide bonds. The number of H-pyrrole nitrogens is 1. The first-order valence-corrected chi connectivity index (χ1v) is 5.05. The molecule has 0 aliphatic carbocycles. The number of hydrogen-bond donors (Lipinski definition) is 2. The molecule has 2 aromatic rings. The molecule has 0 atom stereocenters. The second-order valence-corrected chi connectivity index (χ2v) is 3.63. The number of ketones is 1. The molecule has 0 aliphatic heterocycles. The highest BCUT2D eigenvalue weighted by Crippen LogP contribution is 2.21. The highest BCUT2D eigenvalue weighted by Gasteiger charge is 2.06. The number of carbonyl (C=O) groups excluding carboxylic acids is 1. The van der Waals surface area contributed by atoms with E-state index in [0.29, 0.717) is 12.0 Å². The van der Waals surface area contributed by atoms with Crippen molar-refractivity contribution in [2.75, 3.05) is 0 Å². The van der Waals surface area contributed by atoms with Gasteiger partial charge >= 0.3 is 0 Å². The van der Waals surface area contributed by atoms with Crippen molar-refractivity contribution >= 4 is 16.7 Å². The van der Waals surface area contributed by atoms with Gasteiger partial charge in [-0.15, -0.1) is 0 Å². The normalized spacial score (nSPS) is 10.7. The first-order chi connectivity index (χ1) is 7.20. The quantitative estimate of drug-likeness (QED) is 0.753. The van der Waals surface area contributed by atoms with Crippen LogP contribution >= 0.6 is 0 Å². The van der Waals surface area contributed by atoms with Crippen LogP contribution in [0.25, 0.3) is 10.9 Å². The molecule has 1 aromatic carbocycles. The molecule has 0 saturated heterocycles. The van der Waals surface area contributed by atoms with Crippen LogP contribution in [0.4, 0.5) is 0 Å². The van der Waals surface area contributed by atoms with E-state index in [4.69, 9.17) is 0 Å². The Bertz CT molecular complexity index is 499. The van der Waals surface area contributed by atoms with Gasteiger partial charge in [0, 0.05) is 29.0 Å². The average molecular weight is 203 g/mol. The van der Waals surface area contributed by atoms with Gasteiger partial charge in [-0.1, -0.05) is 6.92 Å². The minimum atomic E-state index is 0.130. The molecule has 0 radical (unpaired) electrons. The van der Waals surface area contributed by atoms with Crippen molar-refractivity contribution in [3.63, 3.8) is 0 Å². The zero-order valence-electron chi connectivity index (χ0n) is 8.58. The van der Waals surface area contributed by atoms with Crippen molar-refractivity contribution < 1.29 is 9.90 Å². The molecule has 3 heteroatoms. The highest BCUT2D eigenvalue weighted by molar-refractivity contribution is 5.99. The summed E-state index contributed by atoms with van der Waals surface area (Å²) in [5, 5.41) is 10.1. The molecule has 2 N–H and O–H groups in total. The van der Waals surface area contributed by atoms with Gasteiger partial charge in [-0.3, -0.25) is 4.79 Å². The third-order valence-corrected chi connectivity index (χ3v) is 2.41. The Morgan fingerprint density at radius 1 is 1.40 bits per heavy atom. The summed E-state index contributed by atoms with van der Waals surface area (Å²) in [5.41, 5.74) is 1.56. The van der Waals surface area contributed by atoms with Crippen LogP contribution in [-0.2, 0) is 0 Å². The lowest BCUT2D eigenvalue weighted by Gasteiger charge is -1.98. The van der Waals surface area contributed by atoms with Gasteiger partial charge in [0.05, 0.1) is 0 Å². The van der Waals surface area contributed by atoms with Gasteiger partial charge in [-0.2, -0.15) is 0 Å². The van der Waals surface area contributed by atoms with E-state index in [1.807, 2.05) is 19.1 Å². The third-order valence-electron chi connectivity index (χ3n) is 2.41. The Morgan fingerprint density at radius 3 is 2.93 bits per heavy atom. The van der Waals surface area contributed by atoms with Gasteiger partial charge in [0.25, 0.3) is 0 Å². The van der Waals surface area contributed by atoms with Gasteiger partial charge in [0.15, 0.2) is 11.7 Å². The van der Waals surface area contributed by atoms with Crippen molar-refractivity contribution in [3.8, 4) is 5.88 Å². The minimum absolute atomic E-state index is 0.130. The fourth-order valence-electron chi connectivity index (χ4n) is 1.66. The summed E-state index contributed by atoms with van der Waals surface area (Å²) in [7, 11) is 0. The Labute approximate surface area is 87.7 Å². The zero-order valence-corrected chi connectivity index (χ0v) is 8.58. The summed E-state index contributed by atoms with van der Waals surface area (Å²) in [4.78, 5) is 14.4. The van der Waals surface area contributed by atoms with Gasteiger partial charge in [0.1, 0.15) is 0 Å². The molecular formula is C12H13NO2. The van der Waals surface area contributed by atoms with E-state index < -0.39 is 0 Å². The van der Waals surface area contributed by atoms with E-state index in [2.05, 4.69) is 4.98 Å². The van der Waals surface area contributed by atoms with E-state index in [0.717, 1.165) is 17.3 Å². The predicted octanol–water partition coefficient (Wildman–Crippen LogP) is 2.86. The fourth-order valence-corrected chi connectivity index (χ4v) is 1.66. The van der Waals surface area contributed by atoms with Crippen molar-refractivity contribution in [1.82, 2.24) is 4.98 Å². The molecule has 0 saturated carbocycles. The van der Waals surface area contributed by atoms with Gasteiger partial charge in [-0.25, -0.2) is 0 Å². The summed E-state index contributed by atoms with van der Waals surface area (Å²) in [6.45, 7) is 1.98. The number of rotatable bonds is 3. The van der Waals surface area contributed by atoms with Crippen molar-refractivity contribution in [2.45, 2.75) is 19.8 Å². The maximum atomic E-state index is 11.6. The molecule has 78 valence electrons. The first-order valence-electron chi connectivity index (χ1n) is 5.05. The van der Waals surface area contributed by atoms with Crippen LogP contribution in [0.15, 0.2) is 24.3 Å². The molecule has 0 unspecified atom stereocenters. The summed E-state index contributed by atoms with van der Waals surface area (Å²) in [6.07, 6.45) is 1.43. The van der Waals surface area contributed by atoms with Gasteiger partial charge < -0.3 is 10.1 Å². The first kappa shape index (κ1) is 9.77. The van der Waals surface area contributed by atoms with Crippen molar-refractivity contribution in [1.29, 1.82) is 0 Å². The summed E-state index contributed by atoms with van der Waals surface area (Å²) in [6, 6.07) is 7.04. The molecule has 0 bridgehead atoms. The Kier molecular flexibility index (Phi) is 2.46. The van der Waals surface area contributed by atoms with Crippen LogP contribution in [0.2, 0.25) is 0 Å². The molecule has 15 heavy (non-hydrogen) atoms. The Hall–Kier alpha value is -1.77. The largest absolute Gasteiger partial charge is 0.495 e. The second-order valence-electron chi connectivity index (χ2n) is 3.63. The van der Waals surface area contributed by atoms with Crippen LogP contribution in [0.1, 0.15) is 30.1 Å². The summed E-state index contributed by atoms with van der Waals surface area (Å²) < 4.78 is 0. The molecule has 2 rings (SSSR count). The van der Waals surface area contributed by atoms with Gasteiger partial charge in [-0.05, 0) is 24.6 Å². The fraction of sp³-hybridized carbons (Fsp3) is 0.250. The number of nitrogens with one attached hydrogen (secondary N) is 1. The zero-order chi connectivity index (χ0) is 10.8. The highest BCUT2D eigenvalue weighted by atomic mass is 16.3. The maximum absolute atomic E-state index is 11.6. The lowest BCUT2D eigenvalue weighted by Crippen LogP contribution is -1.97. The smallest absolute Gasteiger partial charge is 0.189 e. The minimum Gasteiger partial charge on any atom is -0.495 e. The molecule has 1 heterocycles. The second kappa shape index (κ2) is 3.77. The number of fused-ring (bicyclic) bond motifs is 1. The van der Waals surface area contributed by atoms with Crippen molar-refractivity contribution in [2.24, 2.45) is 0 Å². The van der Waals surface area contributed by atoms with Crippen LogP contribution in [0.3, 0.4) is 0 Å². The number of carbonyl (C=O) groups is 1. The standard InChI is InChI=1S/C12H13NO2/c1-2-3-11(14)8-4-5-10-9(6-8)7-12(15)13-10/h4-7,13,15H,2-3H2,1H3. The molecule has 1 aromatic heterocycles. The topological polar surface area (TPSA) is 53.1 Å². The number of aromatic amines is 1. The molecule has 0 aliphatic rings. The monoisotopic (exact) mass is 203 g/mol. The van der Waals surface area contributed by atoms with E-state index >= 15 is 0 Å². The Balaban J connectivity index is 2.41. The van der Waals surface area contributed by atoms with E-state index in [-0.39, 0.29) is 11.7 Å². The Morgan fingerprint density at radius 2 is 2.20 bits per heavy atom. The SMILES string of the molecule is CCCC(=O)c1ccc2[nH]c(O)cc2c1. The molecule has 0 fully saturated rings. The van der Waals surface area contributed by atoms with Crippen molar-refractivity contribution in [3.05, 3.63) is 29.8 Å². The lowest BCUT2D eigenvalue weighted by atomic mass is 10.1. The van der Waals surface area contributed by atoms with Crippen LogP contribution in [0, 0.1) is 0 Å². The molecule has 3 nitrogen and oxygen atoms in total. The third kappa shape index (κ3) is 1.86. The van der Waals surface area contributed by atoms with Gasteiger partial charge in [0.2, 0.25) is 0 Å². The van der Waals surface area contributed by atoms with E-state index in [1.165, 1.54) is 0 Å². The average Bonchev–Trinajstić information content (AvgIpc) is 2.57. The predicted molar refractivity (Wildman–Crippen MR) is 59.2 cm³/mol. The molecule has 0 spiro atoms. The van der Waals surface area contributed by atoms with E-state index in [9.17, 15) is 9.90 Å². The number of benzene rings is 1. The molecular weight excluding hydrogens is 190 g/mol. The van der Waals surface area contributed by atoms with Crippen LogP contribution in [-0.4, -0.2) is 15.9 Å². The maximum Gasteiger partial charge on any atom is 0.189 e. The summed E-state index contributed by atoms with van der Waals surface area (Å²) in [5.74, 6) is 0.283. The van der Waals surface area contributed by atoms with E-state index in [1.54, 1.807) is 12.1 Å². The number of aromatic nitrogens is 1. The number of aromatic hydroxyl groups is 1. The van der Waals surface area contributed by atoms with Crippen LogP contribution in [0.5, 0.6) is 5.88 Å². The summed E-state index contributed by atoms with van der Waals surface area (Å²) >= 11 is 0.